The number of carbonyl (C=O) groups excluding carboxylic acids is 2. The fourth-order valence-electron chi connectivity index (χ4n) is 4.34. The van der Waals surface area contributed by atoms with E-state index in [1.807, 2.05) is 5.32 Å². The van der Waals surface area contributed by atoms with Crippen molar-refractivity contribution in [1.82, 2.24) is 40.4 Å². The first-order valence-corrected chi connectivity index (χ1v) is 13.4. The van der Waals surface area contributed by atoms with E-state index >= 15 is 0 Å². The molecule has 1 unspecified atom stereocenters. The lowest BCUT2D eigenvalue weighted by Crippen LogP contribution is -2.44. The maximum Gasteiger partial charge on any atom is 0.416 e. The summed E-state index contributed by atoms with van der Waals surface area (Å²) in [6.07, 6.45) is -5.20. The molecule has 1 aliphatic heterocycles. The number of aromatic nitrogens is 5. The van der Waals surface area contributed by atoms with Gasteiger partial charge < -0.3 is 25.0 Å². The molecule has 13 nitrogen and oxygen atoms in total. The Labute approximate surface area is 245 Å². The van der Waals surface area contributed by atoms with Gasteiger partial charge in [0.2, 0.25) is 0 Å². The Bertz CT molecular complexity index is 1520. The number of amides is 3. The van der Waals surface area contributed by atoms with Crippen LogP contribution in [0.15, 0.2) is 23.1 Å². The molecule has 3 amide bonds. The fourth-order valence-corrected chi connectivity index (χ4v) is 4.34. The van der Waals surface area contributed by atoms with Crippen molar-refractivity contribution in [2.45, 2.75) is 75.8 Å². The second kappa shape index (κ2) is 11.5. The van der Waals surface area contributed by atoms with Gasteiger partial charge in [0.25, 0.3) is 5.91 Å². The van der Waals surface area contributed by atoms with Gasteiger partial charge in [0.15, 0.2) is 16.9 Å². The molecule has 240 valence electrons. The fraction of sp³-hybridized carbons (Fsp3) is 0.600. The third-order valence-corrected chi connectivity index (χ3v) is 7.29. The largest absolute Gasteiger partial charge is 0.416 e. The van der Waals surface area contributed by atoms with E-state index in [1.165, 1.54) is 29.9 Å². The summed E-state index contributed by atoms with van der Waals surface area (Å²) in [4.78, 5) is 30.9. The van der Waals surface area contributed by atoms with Crippen LogP contribution >= 0.6 is 0 Å². The zero-order valence-corrected chi connectivity index (χ0v) is 23.6. The average Bonchev–Trinajstić information content (AvgIpc) is 3.29. The van der Waals surface area contributed by atoms with Crippen molar-refractivity contribution in [3.63, 3.8) is 0 Å². The van der Waals surface area contributed by atoms with Gasteiger partial charge in [-0.2, -0.15) is 31.4 Å². The molecule has 4 heterocycles. The number of hydrogen-bond acceptors (Lipinski definition) is 9. The predicted octanol–water partition coefficient (Wildman–Crippen LogP) is 3.43. The summed E-state index contributed by atoms with van der Waals surface area (Å²) < 4.78 is 97.3. The van der Waals surface area contributed by atoms with E-state index in [-0.39, 0.29) is 35.4 Å². The van der Waals surface area contributed by atoms with E-state index in [4.69, 9.17) is 9.47 Å². The maximum atomic E-state index is 13.5. The molecule has 2 fully saturated rings. The number of ether oxygens (including phenoxy) is 2. The van der Waals surface area contributed by atoms with E-state index in [0.29, 0.717) is 5.56 Å². The Morgan fingerprint density at radius 3 is 2.50 bits per heavy atom. The van der Waals surface area contributed by atoms with Crippen molar-refractivity contribution in [2.24, 2.45) is 0 Å². The van der Waals surface area contributed by atoms with Crippen LogP contribution in [0.1, 0.15) is 66.2 Å². The molecular formula is C25H28F6N8O5. The second-order valence-electron chi connectivity index (χ2n) is 11.0. The quantitative estimate of drug-likeness (QED) is 0.303. The summed E-state index contributed by atoms with van der Waals surface area (Å²) in [7, 11) is 0. The summed E-state index contributed by atoms with van der Waals surface area (Å²) in [5.41, 5.74) is -2.14. The Morgan fingerprint density at radius 1 is 1.18 bits per heavy atom. The van der Waals surface area contributed by atoms with Crippen molar-refractivity contribution in [3.05, 3.63) is 41.1 Å². The molecule has 0 radical (unpaired) electrons. The number of alkyl halides is 6. The summed E-state index contributed by atoms with van der Waals surface area (Å²) in [6, 6.07) is -3.71. The van der Waals surface area contributed by atoms with Crippen LogP contribution in [-0.2, 0) is 9.47 Å². The molecular weight excluding hydrogens is 606 g/mol. The molecule has 3 atom stereocenters. The molecule has 19 heteroatoms. The summed E-state index contributed by atoms with van der Waals surface area (Å²) >= 11 is 0. The van der Waals surface area contributed by atoms with Crippen molar-refractivity contribution in [2.75, 3.05) is 19.8 Å². The molecule has 3 aromatic heterocycles. The molecule has 1 aliphatic carbocycles. The molecule has 3 aromatic rings. The Hall–Kier alpha value is -4.00. The molecule has 0 aromatic carbocycles. The van der Waals surface area contributed by atoms with Crippen LogP contribution in [-0.4, -0.2) is 91.6 Å². The number of carbonyl (C=O) groups is 2. The van der Waals surface area contributed by atoms with Gasteiger partial charge in [-0.3, -0.25) is 4.79 Å². The van der Waals surface area contributed by atoms with Crippen LogP contribution in [0.2, 0.25) is 0 Å². The van der Waals surface area contributed by atoms with Crippen molar-refractivity contribution >= 4 is 17.6 Å². The number of aryl methyl sites for hydroxylation is 1. The van der Waals surface area contributed by atoms with Gasteiger partial charge in [0, 0.05) is 5.56 Å². The van der Waals surface area contributed by atoms with E-state index in [1.54, 1.807) is 0 Å². The van der Waals surface area contributed by atoms with Gasteiger partial charge in [-0.15, -0.1) is 0 Å². The zero-order valence-electron chi connectivity index (χ0n) is 23.6. The molecule has 1 saturated carbocycles. The third-order valence-electron chi connectivity index (χ3n) is 7.29. The van der Waals surface area contributed by atoms with Crippen molar-refractivity contribution in [1.29, 1.82) is 0 Å². The van der Waals surface area contributed by atoms with Crippen LogP contribution in [0, 0.1) is 6.92 Å². The zero-order chi connectivity index (χ0) is 32.0. The number of rotatable bonds is 11. The molecule has 5 rings (SSSR count). The number of urea groups is 1. The number of hydrogen-bond donors (Lipinski definition) is 2. The lowest BCUT2D eigenvalue weighted by molar-refractivity contribution is -0.265. The van der Waals surface area contributed by atoms with Gasteiger partial charge in [0.1, 0.15) is 11.7 Å². The number of nitrogens with zero attached hydrogens (tertiary/aromatic N) is 6. The summed E-state index contributed by atoms with van der Waals surface area (Å²) in [5, 5.41) is 15.7. The minimum absolute atomic E-state index is 0.0527. The van der Waals surface area contributed by atoms with E-state index in [2.05, 4.69) is 30.3 Å². The monoisotopic (exact) mass is 634 g/mol. The number of nitrogens with one attached hydrogen (secondary N) is 2. The smallest absolute Gasteiger partial charge is 0.376 e. The molecule has 0 spiro atoms. The van der Waals surface area contributed by atoms with Crippen molar-refractivity contribution < 1.29 is 50.0 Å². The minimum atomic E-state index is -4.73. The predicted molar refractivity (Wildman–Crippen MR) is 135 cm³/mol. The Balaban J connectivity index is 1.44. The average molecular weight is 635 g/mol. The van der Waals surface area contributed by atoms with Gasteiger partial charge in [-0.25, -0.2) is 18.9 Å². The maximum absolute atomic E-state index is 13.5. The number of imidazole rings is 1. The molecule has 1 saturated heterocycles. The second-order valence-corrected chi connectivity index (χ2v) is 11.0. The van der Waals surface area contributed by atoms with Gasteiger partial charge >= 0.3 is 18.4 Å². The highest BCUT2D eigenvalue weighted by Gasteiger charge is 2.50. The lowest BCUT2D eigenvalue weighted by atomic mass is 10.1. The topological polar surface area (TPSA) is 149 Å². The first-order chi connectivity index (χ1) is 20.5. The molecule has 44 heavy (non-hydrogen) atoms. The SMILES string of the molecule is Cc1nonc1C(=O)NC(COC(C)(C)C(F)(F)F)c1cn2ncc([C@@H](COC3CC3)N3C[C@@H](C(F)(F)F)NC3=O)cc2n1. The molecule has 2 N–H and O–H groups in total. The molecule has 0 bridgehead atoms. The first kappa shape index (κ1) is 31.4. The van der Waals surface area contributed by atoms with Gasteiger partial charge in [-0.1, -0.05) is 5.16 Å². The van der Waals surface area contributed by atoms with Crippen LogP contribution in [0.5, 0.6) is 0 Å². The highest BCUT2D eigenvalue weighted by atomic mass is 19.4. The first-order valence-electron chi connectivity index (χ1n) is 13.4. The van der Waals surface area contributed by atoms with Gasteiger partial charge in [-0.05, 0) is 44.8 Å². The Kier molecular flexibility index (Phi) is 8.21. The highest BCUT2D eigenvalue weighted by molar-refractivity contribution is 5.93. The standard InChI is InChI=1S/C25H28F6N8O5/c1-12-20(37-44-36-12)21(40)34-16(10-43-23(2,3)25(29,30)31)15-8-39-19(33-15)6-13(7-32-39)17(11-42-14-4-5-14)38-9-18(24(26,27)28)35-22(38)41/h6-8,14,16-18H,4-5,9-11H2,1-3H3,(H,34,40)(H,35,41)/t16?,17-,18+/m1/s1. The number of halogens is 6. The highest BCUT2D eigenvalue weighted by Crippen LogP contribution is 2.35. The number of fused-ring (bicyclic) bond motifs is 1. The van der Waals surface area contributed by atoms with E-state index in [0.717, 1.165) is 31.6 Å². The third kappa shape index (κ3) is 6.72. The normalized spacial score (nSPS) is 19.3. The summed E-state index contributed by atoms with van der Waals surface area (Å²) in [5.74, 6) is -0.815. The van der Waals surface area contributed by atoms with Crippen LogP contribution in [0.3, 0.4) is 0 Å². The molecule has 2 aliphatic rings. The van der Waals surface area contributed by atoms with E-state index in [9.17, 15) is 35.9 Å². The van der Waals surface area contributed by atoms with Crippen LogP contribution in [0.25, 0.3) is 5.65 Å². The van der Waals surface area contributed by atoms with Crippen LogP contribution in [0.4, 0.5) is 31.1 Å². The summed E-state index contributed by atoms with van der Waals surface area (Å²) in [6.45, 7) is 1.69. The lowest BCUT2D eigenvalue weighted by Gasteiger charge is -2.29. The van der Waals surface area contributed by atoms with E-state index < -0.39 is 61.2 Å². The van der Waals surface area contributed by atoms with Gasteiger partial charge in [0.05, 0.1) is 56.0 Å². The minimum Gasteiger partial charge on any atom is -0.376 e. The van der Waals surface area contributed by atoms with Crippen LogP contribution < -0.4 is 10.6 Å². The van der Waals surface area contributed by atoms with Crippen molar-refractivity contribution in [3.8, 4) is 0 Å². The Morgan fingerprint density at radius 2 is 1.91 bits per heavy atom.